The standard InChI is InChI=1S/C21H35N3O4S/c1-6-24(7-2)29(26,27)20-12-18(9-10-19(20)28-8-3)22-21(25)15-23-13-16(4)11-17(5)14-23/h9-10,12,16-17H,6-8,11,13-15H2,1-5H3,(H,22,25)/t16-,17+. The molecule has 7 nitrogen and oxygen atoms in total. The van der Waals surface area contributed by atoms with E-state index >= 15 is 0 Å². The second-order valence-corrected chi connectivity index (χ2v) is 9.78. The lowest BCUT2D eigenvalue weighted by molar-refractivity contribution is -0.117. The van der Waals surface area contributed by atoms with Gasteiger partial charge in [-0.15, -0.1) is 0 Å². The third-order valence-electron chi connectivity index (χ3n) is 5.16. The first-order valence-corrected chi connectivity index (χ1v) is 11.9. The summed E-state index contributed by atoms with van der Waals surface area (Å²) in [7, 11) is -3.71. The number of piperidine rings is 1. The van der Waals surface area contributed by atoms with Gasteiger partial charge in [0.1, 0.15) is 10.6 Å². The van der Waals surface area contributed by atoms with E-state index in [1.807, 2.05) is 6.92 Å². The molecule has 1 aliphatic rings. The highest BCUT2D eigenvalue weighted by Gasteiger charge is 2.27. The average molecular weight is 426 g/mol. The molecular weight excluding hydrogens is 390 g/mol. The molecular formula is C21H35N3O4S. The van der Waals surface area contributed by atoms with Crippen LogP contribution in [0.5, 0.6) is 5.75 Å². The number of benzene rings is 1. The van der Waals surface area contributed by atoms with Gasteiger partial charge in [-0.25, -0.2) is 8.42 Å². The first-order valence-electron chi connectivity index (χ1n) is 10.5. The number of sulfonamides is 1. The third kappa shape index (κ3) is 6.17. The summed E-state index contributed by atoms with van der Waals surface area (Å²) in [5, 5.41) is 2.86. The van der Waals surface area contributed by atoms with Crippen LogP contribution in [0.25, 0.3) is 0 Å². The molecule has 0 aromatic heterocycles. The molecule has 0 aliphatic carbocycles. The summed E-state index contributed by atoms with van der Waals surface area (Å²) in [5.41, 5.74) is 0.460. The molecule has 2 rings (SSSR count). The summed E-state index contributed by atoms with van der Waals surface area (Å²) in [4.78, 5) is 14.8. The lowest BCUT2D eigenvalue weighted by Gasteiger charge is -2.34. The zero-order chi connectivity index (χ0) is 21.6. The molecule has 1 fully saturated rings. The van der Waals surface area contributed by atoms with Gasteiger partial charge in [-0.05, 0) is 43.4 Å². The van der Waals surface area contributed by atoms with Crippen LogP contribution in [-0.2, 0) is 14.8 Å². The molecule has 8 heteroatoms. The Kier molecular flexibility index (Phi) is 8.48. The fraction of sp³-hybridized carbons (Fsp3) is 0.667. The predicted molar refractivity (Wildman–Crippen MR) is 116 cm³/mol. The Morgan fingerprint density at radius 2 is 1.79 bits per heavy atom. The number of hydrogen-bond acceptors (Lipinski definition) is 5. The Morgan fingerprint density at radius 1 is 1.17 bits per heavy atom. The Labute approximate surface area is 175 Å². The van der Waals surface area contributed by atoms with Gasteiger partial charge in [0, 0.05) is 31.9 Å². The molecule has 1 aromatic rings. The fourth-order valence-electron chi connectivity index (χ4n) is 4.09. The van der Waals surface area contributed by atoms with E-state index in [0.717, 1.165) is 13.1 Å². The summed E-state index contributed by atoms with van der Waals surface area (Å²) in [6.07, 6.45) is 1.18. The van der Waals surface area contributed by atoms with Crippen molar-refractivity contribution in [3.8, 4) is 5.75 Å². The largest absolute Gasteiger partial charge is 0.492 e. The number of nitrogens with one attached hydrogen (secondary N) is 1. The van der Waals surface area contributed by atoms with E-state index < -0.39 is 10.0 Å². The molecule has 0 unspecified atom stereocenters. The number of ether oxygens (including phenoxy) is 1. The maximum absolute atomic E-state index is 13.0. The molecule has 1 aromatic carbocycles. The minimum absolute atomic E-state index is 0.0843. The van der Waals surface area contributed by atoms with Crippen LogP contribution in [0, 0.1) is 11.8 Å². The number of anilines is 1. The van der Waals surface area contributed by atoms with Crippen molar-refractivity contribution >= 4 is 21.6 Å². The van der Waals surface area contributed by atoms with E-state index in [2.05, 4.69) is 24.1 Å². The number of likely N-dealkylation sites (tertiary alicyclic amines) is 1. The summed E-state index contributed by atoms with van der Waals surface area (Å²) in [6, 6.07) is 4.80. The molecule has 0 spiro atoms. The highest BCUT2D eigenvalue weighted by Crippen LogP contribution is 2.30. The van der Waals surface area contributed by atoms with Crippen LogP contribution in [0.1, 0.15) is 41.0 Å². The molecule has 2 atom stereocenters. The third-order valence-corrected chi connectivity index (χ3v) is 7.23. The summed E-state index contributed by atoms with van der Waals surface area (Å²) < 4.78 is 33.0. The molecule has 1 N–H and O–H groups in total. The van der Waals surface area contributed by atoms with Crippen LogP contribution in [-0.4, -0.2) is 62.9 Å². The maximum Gasteiger partial charge on any atom is 0.246 e. The van der Waals surface area contributed by atoms with E-state index in [1.165, 1.54) is 16.8 Å². The van der Waals surface area contributed by atoms with Crippen molar-refractivity contribution in [3.05, 3.63) is 18.2 Å². The van der Waals surface area contributed by atoms with E-state index in [0.29, 0.717) is 49.5 Å². The molecule has 1 amide bonds. The number of rotatable bonds is 9. The molecule has 0 saturated carbocycles. The van der Waals surface area contributed by atoms with Gasteiger partial charge in [-0.2, -0.15) is 4.31 Å². The van der Waals surface area contributed by atoms with Crippen LogP contribution in [0.2, 0.25) is 0 Å². The van der Waals surface area contributed by atoms with E-state index in [9.17, 15) is 13.2 Å². The Balaban J connectivity index is 2.20. The van der Waals surface area contributed by atoms with Crippen molar-refractivity contribution in [3.63, 3.8) is 0 Å². The van der Waals surface area contributed by atoms with Gasteiger partial charge in [0.25, 0.3) is 0 Å². The summed E-state index contributed by atoms with van der Waals surface area (Å²) in [6.45, 7) is 13.0. The van der Waals surface area contributed by atoms with Crippen LogP contribution in [0.4, 0.5) is 5.69 Å². The van der Waals surface area contributed by atoms with Crippen molar-refractivity contribution < 1.29 is 17.9 Å². The molecule has 0 radical (unpaired) electrons. The zero-order valence-corrected chi connectivity index (χ0v) is 19.1. The predicted octanol–water partition coefficient (Wildman–Crippen LogP) is 3.03. The SMILES string of the molecule is CCOc1ccc(NC(=O)CN2C[C@H](C)C[C@H](C)C2)cc1S(=O)(=O)N(CC)CC. The number of carbonyl (C=O) groups excluding carboxylic acids is 1. The average Bonchev–Trinajstić information content (AvgIpc) is 2.63. The highest BCUT2D eigenvalue weighted by atomic mass is 32.2. The fourth-order valence-corrected chi connectivity index (χ4v) is 5.70. The maximum atomic E-state index is 13.0. The van der Waals surface area contributed by atoms with Gasteiger partial charge < -0.3 is 10.1 Å². The number of amides is 1. The van der Waals surface area contributed by atoms with Gasteiger partial charge in [-0.3, -0.25) is 9.69 Å². The Hall–Kier alpha value is -1.64. The minimum atomic E-state index is -3.71. The second kappa shape index (κ2) is 10.4. The van der Waals surface area contributed by atoms with Crippen molar-refractivity contribution in [2.75, 3.05) is 44.6 Å². The number of hydrogen-bond donors (Lipinski definition) is 1. The monoisotopic (exact) mass is 425 g/mol. The highest BCUT2D eigenvalue weighted by molar-refractivity contribution is 7.89. The summed E-state index contributed by atoms with van der Waals surface area (Å²) in [5.74, 6) is 1.31. The van der Waals surface area contributed by atoms with Gasteiger partial charge >= 0.3 is 0 Å². The second-order valence-electron chi connectivity index (χ2n) is 7.87. The lowest BCUT2D eigenvalue weighted by atomic mass is 9.92. The smallest absolute Gasteiger partial charge is 0.246 e. The first-order chi connectivity index (χ1) is 13.7. The van der Waals surface area contributed by atoms with Crippen molar-refractivity contribution in [2.24, 2.45) is 11.8 Å². The topological polar surface area (TPSA) is 79.0 Å². The molecule has 1 aliphatic heterocycles. The minimum Gasteiger partial charge on any atom is -0.492 e. The van der Waals surface area contributed by atoms with Gasteiger partial charge in [0.15, 0.2) is 0 Å². The normalized spacial score (nSPS) is 20.6. The molecule has 1 saturated heterocycles. The van der Waals surface area contributed by atoms with Crippen molar-refractivity contribution in [1.29, 1.82) is 0 Å². The Bertz CT molecular complexity index is 783. The molecule has 0 bridgehead atoms. The molecule has 29 heavy (non-hydrogen) atoms. The quantitative estimate of drug-likeness (QED) is 0.658. The van der Waals surface area contributed by atoms with Gasteiger partial charge in [-0.1, -0.05) is 27.7 Å². The number of nitrogens with zero attached hydrogens (tertiary/aromatic N) is 2. The van der Waals surface area contributed by atoms with Crippen LogP contribution in [0.15, 0.2) is 23.1 Å². The summed E-state index contributed by atoms with van der Waals surface area (Å²) >= 11 is 0. The van der Waals surface area contributed by atoms with Crippen molar-refractivity contribution in [1.82, 2.24) is 9.21 Å². The van der Waals surface area contributed by atoms with Crippen LogP contribution in [0.3, 0.4) is 0 Å². The number of carbonyl (C=O) groups is 1. The molecule has 164 valence electrons. The van der Waals surface area contributed by atoms with E-state index in [4.69, 9.17) is 4.74 Å². The molecule has 1 heterocycles. The van der Waals surface area contributed by atoms with Gasteiger partial charge in [0.2, 0.25) is 15.9 Å². The van der Waals surface area contributed by atoms with Crippen molar-refractivity contribution in [2.45, 2.75) is 45.9 Å². The van der Waals surface area contributed by atoms with Gasteiger partial charge in [0.05, 0.1) is 13.2 Å². The Morgan fingerprint density at radius 3 is 2.34 bits per heavy atom. The van der Waals surface area contributed by atoms with E-state index in [-0.39, 0.29) is 10.8 Å². The van der Waals surface area contributed by atoms with Crippen LogP contribution < -0.4 is 10.1 Å². The first kappa shape index (κ1) is 23.6. The van der Waals surface area contributed by atoms with E-state index in [1.54, 1.807) is 26.0 Å². The van der Waals surface area contributed by atoms with Crippen LogP contribution >= 0.6 is 0 Å². The zero-order valence-electron chi connectivity index (χ0n) is 18.3. The lowest BCUT2D eigenvalue weighted by Crippen LogP contribution is -2.42.